The van der Waals surface area contributed by atoms with Gasteiger partial charge in [0.05, 0.1) is 24.2 Å². The van der Waals surface area contributed by atoms with Crippen molar-refractivity contribution in [3.05, 3.63) is 76.2 Å². The molecule has 0 radical (unpaired) electrons. The summed E-state index contributed by atoms with van der Waals surface area (Å²) < 4.78 is 10.9. The Bertz CT molecular complexity index is 1040. The summed E-state index contributed by atoms with van der Waals surface area (Å²) in [5, 5.41) is 3.18. The molecule has 0 saturated heterocycles. The minimum absolute atomic E-state index is 0.0863. The Kier molecular flexibility index (Phi) is 6.91. The van der Waals surface area contributed by atoms with Crippen LogP contribution >= 0.6 is 11.8 Å². The predicted octanol–water partition coefficient (Wildman–Crippen LogP) is 3.40. The highest BCUT2D eigenvalue weighted by Gasteiger charge is 2.10. The number of hydrogen-bond donors (Lipinski definition) is 2. The largest absolute Gasteiger partial charge is 0.495 e. The molecule has 29 heavy (non-hydrogen) atoms. The first-order valence-electron chi connectivity index (χ1n) is 8.89. The molecule has 2 N–H and O–H groups in total. The number of aromatic nitrogens is 2. The van der Waals surface area contributed by atoms with Crippen LogP contribution < -0.4 is 20.3 Å². The van der Waals surface area contributed by atoms with Crippen LogP contribution in [-0.4, -0.2) is 28.7 Å². The van der Waals surface area contributed by atoms with Gasteiger partial charge in [0.15, 0.2) is 5.16 Å². The number of carbonyl (C=O) groups is 1. The molecule has 3 aromatic rings. The van der Waals surface area contributed by atoms with Gasteiger partial charge in [0.2, 0.25) is 5.91 Å². The molecule has 0 aliphatic heterocycles. The molecule has 1 amide bonds. The van der Waals surface area contributed by atoms with Crippen LogP contribution in [-0.2, 0) is 11.4 Å². The van der Waals surface area contributed by atoms with Crippen LogP contribution in [0.5, 0.6) is 11.5 Å². The van der Waals surface area contributed by atoms with Gasteiger partial charge in [-0.25, -0.2) is 4.98 Å². The highest BCUT2D eigenvalue weighted by atomic mass is 32.2. The summed E-state index contributed by atoms with van der Waals surface area (Å²) in [6.07, 6.45) is 0. The van der Waals surface area contributed by atoms with Gasteiger partial charge in [-0.05, 0) is 36.8 Å². The molecule has 0 saturated carbocycles. The van der Waals surface area contributed by atoms with Gasteiger partial charge in [-0.3, -0.25) is 9.59 Å². The van der Waals surface area contributed by atoms with Gasteiger partial charge >= 0.3 is 0 Å². The minimum atomic E-state index is -0.296. The monoisotopic (exact) mass is 411 g/mol. The van der Waals surface area contributed by atoms with Gasteiger partial charge in [0.1, 0.15) is 18.1 Å². The molecule has 0 aliphatic rings. The highest BCUT2D eigenvalue weighted by Crippen LogP contribution is 2.25. The number of anilines is 1. The van der Waals surface area contributed by atoms with Crippen LogP contribution in [0.15, 0.2) is 64.5 Å². The molecule has 8 heteroatoms. The van der Waals surface area contributed by atoms with Gasteiger partial charge in [-0.1, -0.05) is 36.0 Å². The van der Waals surface area contributed by atoms with E-state index in [0.29, 0.717) is 28.0 Å². The topological polar surface area (TPSA) is 93.3 Å². The maximum atomic E-state index is 12.3. The van der Waals surface area contributed by atoms with Crippen molar-refractivity contribution in [2.24, 2.45) is 0 Å². The molecule has 1 aromatic heterocycles. The summed E-state index contributed by atoms with van der Waals surface area (Å²) in [6.45, 7) is 2.09. The van der Waals surface area contributed by atoms with E-state index in [0.717, 1.165) is 17.3 Å². The van der Waals surface area contributed by atoms with E-state index in [-0.39, 0.29) is 23.8 Å². The number of ether oxygens (including phenoxy) is 2. The van der Waals surface area contributed by atoms with Crippen molar-refractivity contribution >= 4 is 23.4 Å². The molecule has 0 bridgehead atoms. The normalized spacial score (nSPS) is 10.4. The molecule has 0 spiro atoms. The zero-order valence-electron chi connectivity index (χ0n) is 16.1. The van der Waals surface area contributed by atoms with E-state index in [4.69, 9.17) is 9.47 Å². The maximum Gasteiger partial charge on any atom is 0.251 e. The summed E-state index contributed by atoms with van der Waals surface area (Å²) in [4.78, 5) is 31.2. The van der Waals surface area contributed by atoms with Crippen LogP contribution in [0, 0.1) is 6.92 Å². The van der Waals surface area contributed by atoms with Crippen LogP contribution in [0.1, 0.15) is 11.3 Å². The number of rotatable bonds is 8. The number of nitrogens with zero attached hydrogens (tertiary/aromatic N) is 1. The lowest BCUT2D eigenvalue weighted by atomic mass is 10.2. The number of methoxy groups -OCH3 is 1. The summed E-state index contributed by atoms with van der Waals surface area (Å²) in [7, 11) is 1.55. The molecule has 2 aromatic carbocycles. The number of H-pyrrole nitrogens is 1. The van der Waals surface area contributed by atoms with E-state index in [2.05, 4.69) is 15.3 Å². The molecule has 0 fully saturated rings. The van der Waals surface area contributed by atoms with Crippen molar-refractivity contribution in [2.75, 3.05) is 18.2 Å². The van der Waals surface area contributed by atoms with E-state index in [1.165, 1.54) is 6.07 Å². The number of benzene rings is 2. The Morgan fingerprint density at radius 2 is 1.97 bits per heavy atom. The average Bonchev–Trinajstić information content (AvgIpc) is 2.71. The lowest BCUT2D eigenvalue weighted by Gasteiger charge is -2.11. The fourth-order valence-electron chi connectivity index (χ4n) is 2.54. The summed E-state index contributed by atoms with van der Waals surface area (Å²) in [5.41, 5.74) is 1.80. The van der Waals surface area contributed by atoms with E-state index < -0.39 is 0 Å². The molecule has 150 valence electrons. The Labute approximate surface area is 172 Å². The fourth-order valence-corrected chi connectivity index (χ4v) is 3.23. The zero-order chi connectivity index (χ0) is 20.6. The van der Waals surface area contributed by atoms with Crippen molar-refractivity contribution in [2.45, 2.75) is 18.7 Å². The lowest BCUT2D eigenvalue weighted by Crippen LogP contribution is -2.16. The molecule has 0 aliphatic carbocycles. The van der Waals surface area contributed by atoms with Crippen molar-refractivity contribution in [3.63, 3.8) is 0 Å². The first kappa shape index (κ1) is 20.5. The SMILES string of the molecule is COc1ccc(C)cc1NC(=O)CSc1nc(COc2ccccc2)cc(=O)[nH]1. The average molecular weight is 411 g/mol. The summed E-state index contributed by atoms with van der Waals surface area (Å²) >= 11 is 1.14. The first-order chi connectivity index (χ1) is 14.0. The van der Waals surface area contributed by atoms with E-state index in [1.807, 2.05) is 49.4 Å². The van der Waals surface area contributed by atoms with Gasteiger partial charge < -0.3 is 19.8 Å². The number of para-hydroxylation sites is 1. The quantitative estimate of drug-likeness (QED) is 0.436. The van der Waals surface area contributed by atoms with Crippen LogP contribution in [0.2, 0.25) is 0 Å². The Morgan fingerprint density at radius 3 is 2.72 bits per heavy atom. The maximum absolute atomic E-state index is 12.3. The zero-order valence-corrected chi connectivity index (χ0v) is 16.9. The number of nitrogens with one attached hydrogen (secondary N) is 2. The molecule has 0 atom stereocenters. The van der Waals surface area contributed by atoms with E-state index >= 15 is 0 Å². The number of thioether (sulfide) groups is 1. The van der Waals surface area contributed by atoms with Crippen molar-refractivity contribution in [1.82, 2.24) is 9.97 Å². The number of aryl methyl sites for hydroxylation is 1. The first-order valence-corrected chi connectivity index (χ1v) is 9.87. The van der Waals surface area contributed by atoms with Crippen LogP contribution in [0.4, 0.5) is 5.69 Å². The summed E-state index contributed by atoms with van der Waals surface area (Å²) in [6, 6.07) is 16.2. The third-order valence-corrected chi connectivity index (χ3v) is 4.75. The standard InChI is InChI=1S/C21H21N3O4S/c1-14-8-9-18(27-2)17(10-14)23-20(26)13-29-21-22-15(11-19(25)24-21)12-28-16-6-4-3-5-7-16/h3-11H,12-13H2,1-2H3,(H,23,26)(H,22,24,25). The van der Waals surface area contributed by atoms with Gasteiger partial charge in [0, 0.05) is 6.07 Å². The predicted molar refractivity (Wildman–Crippen MR) is 113 cm³/mol. The van der Waals surface area contributed by atoms with Crippen LogP contribution in [0.25, 0.3) is 0 Å². The molecule has 1 heterocycles. The second-order valence-electron chi connectivity index (χ2n) is 6.18. The summed E-state index contributed by atoms with van der Waals surface area (Å²) in [5.74, 6) is 1.13. The third kappa shape index (κ3) is 6.11. The van der Waals surface area contributed by atoms with Gasteiger partial charge in [-0.2, -0.15) is 0 Å². The third-order valence-electron chi connectivity index (χ3n) is 3.87. The van der Waals surface area contributed by atoms with E-state index in [1.54, 1.807) is 13.2 Å². The van der Waals surface area contributed by atoms with Crippen molar-refractivity contribution in [3.8, 4) is 11.5 Å². The highest BCUT2D eigenvalue weighted by molar-refractivity contribution is 7.99. The van der Waals surface area contributed by atoms with Crippen molar-refractivity contribution in [1.29, 1.82) is 0 Å². The Hall–Kier alpha value is -3.26. The smallest absolute Gasteiger partial charge is 0.251 e. The minimum Gasteiger partial charge on any atom is -0.495 e. The molecular weight excluding hydrogens is 390 g/mol. The molecular formula is C21H21N3O4S. The second kappa shape index (κ2) is 9.79. The fraction of sp³-hybridized carbons (Fsp3) is 0.190. The number of carbonyl (C=O) groups excluding carboxylic acids is 1. The molecule has 0 unspecified atom stereocenters. The molecule has 3 rings (SSSR count). The number of hydrogen-bond acceptors (Lipinski definition) is 6. The van der Waals surface area contributed by atoms with E-state index in [9.17, 15) is 9.59 Å². The van der Waals surface area contributed by atoms with Gasteiger partial charge in [0.25, 0.3) is 5.56 Å². The second-order valence-corrected chi connectivity index (χ2v) is 7.15. The Balaban J connectivity index is 1.60. The van der Waals surface area contributed by atoms with Gasteiger partial charge in [-0.15, -0.1) is 0 Å². The lowest BCUT2D eigenvalue weighted by molar-refractivity contribution is -0.113. The Morgan fingerprint density at radius 1 is 1.17 bits per heavy atom. The van der Waals surface area contributed by atoms with Crippen molar-refractivity contribution < 1.29 is 14.3 Å². The van der Waals surface area contributed by atoms with Crippen LogP contribution in [0.3, 0.4) is 0 Å². The molecule has 7 nitrogen and oxygen atoms in total. The number of amides is 1. The number of aromatic amines is 1.